The van der Waals surface area contributed by atoms with Crippen LogP contribution in [0, 0.1) is 5.41 Å². The van der Waals surface area contributed by atoms with Crippen molar-refractivity contribution in [2.75, 3.05) is 20.3 Å². The van der Waals surface area contributed by atoms with Gasteiger partial charge in [-0.3, -0.25) is 4.79 Å². The van der Waals surface area contributed by atoms with Gasteiger partial charge in [0.25, 0.3) is 0 Å². The molecule has 2 rings (SSSR count). The maximum Gasteiger partial charge on any atom is 0.335 e. The number of rotatable bonds is 9. The van der Waals surface area contributed by atoms with Crippen molar-refractivity contribution in [2.24, 2.45) is 5.41 Å². The monoisotopic (exact) mass is 333 g/mol. The van der Waals surface area contributed by atoms with Gasteiger partial charge in [-0.25, -0.2) is 4.79 Å². The predicted octanol–water partition coefficient (Wildman–Crippen LogP) is 3.03. The standard InChI is InChI=1S/C19H27NO4/c1-24-13-12-19(10-2-3-11-19)14-20-17(21)9-6-15-4-7-16(8-5-15)18(22)23/h4-5,7-8H,2-3,6,9-14H2,1H3,(H,20,21)(H,22,23). The summed E-state index contributed by atoms with van der Waals surface area (Å²) in [6.07, 6.45) is 6.83. The first-order valence-corrected chi connectivity index (χ1v) is 8.63. The third kappa shape index (κ3) is 5.34. The number of carbonyl (C=O) groups is 2. The molecular weight excluding hydrogens is 306 g/mol. The number of hydrogen-bond donors (Lipinski definition) is 2. The van der Waals surface area contributed by atoms with Crippen molar-refractivity contribution in [3.8, 4) is 0 Å². The van der Waals surface area contributed by atoms with Gasteiger partial charge in [-0.15, -0.1) is 0 Å². The zero-order valence-corrected chi connectivity index (χ0v) is 14.3. The molecule has 132 valence electrons. The van der Waals surface area contributed by atoms with Gasteiger partial charge in [-0.2, -0.15) is 0 Å². The van der Waals surface area contributed by atoms with Crippen molar-refractivity contribution in [1.29, 1.82) is 0 Å². The molecule has 0 saturated heterocycles. The topological polar surface area (TPSA) is 75.6 Å². The lowest BCUT2D eigenvalue weighted by Crippen LogP contribution is -2.36. The zero-order valence-electron chi connectivity index (χ0n) is 14.3. The van der Waals surface area contributed by atoms with Crippen LogP contribution in [0.1, 0.15) is 54.4 Å². The fraction of sp³-hybridized carbons (Fsp3) is 0.579. The van der Waals surface area contributed by atoms with E-state index in [-0.39, 0.29) is 16.9 Å². The molecule has 0 aliphatic heterocycles. The van der Waals surface area contributed by atoms with Gasteiger partial charge in [0, 0.05) is 26.7 Å². The van der Waals surface area contributed by atoms with Crippen LogP contribution in [0.4, 0.5) is 0 Å². The summed E-state index contributed by atoms with van der Waals surface area (Å²) in [6, 6.07) is 6.70. The molecule has 0 aromatic heterocycles. The van der Waals surface area contributed by atoms with Crippen LogP contribution in [0.25, 0.3) is 0 Å². The molecule has 1 aliphatic rings. The van der Waals surface area contributed by atoms with Crippen LogP contribution in [0.5, 0.6) is 0 Å². The molecule has 2 N–H and O–H groups in total. The number of ether oxygens (including phenoxy) is 1. The third-order valence-corrected chi connectivity index (χ3v) is 5.00. The number of carboxylic acids is 1. The van der Waals surface area contributed by atoms with Crippen molar-refractivity contribution in [3.05, 3.63) is 35.4 Å². The average Bonchev–Trinajstić information content (AvgIpc) is 3.06. The van der Waals surface area contributed by atoms with E-state index in [1.54, 1.807) is 31.4 Å². The molecule has 0 spiro atoms. The highest BCUT2D eigenvalue weighted by molar-refractivity contribution is 5.87. The summed E-state index contributed by atoms with van der Waals surface area (Å²) in [6.45, 7) is 1.47. The Hall–Kier alpha value is -1.88. The van der Waals surface area contributed by atoms with Crippen LogP contribution in [0.2, 0.25) is 0 Å². The van der Waals surface area contributed by atoms with Crippen molar-refractivity contribution < 1.29 is 19.4 Å². The van der Waals surface area contributed by atoms with Gasteiger partial charge in [0.05, 0.1) is 5.56 Å². The van der Waals surface area contributed by atoms with Gasteiger partial charge in [0.2, 0.25) is 5.91 Å². The second-order valence-electron chi connectivity index (χ2n) is 6.73. The molecule has 1 aromatic rings. The summed E-state index contributed by atoms with van der Waals surface area (Å²) >= 11 is 0. The van der Waals surface area contributed by atoms with E-state index in [1.165, 1.54) is 12.8 Å². The molecule has 1 saturated carbocycles. The Morgan fingerprint density at radius 1 is 1.21 bits per heavy atom. The second kappa shape index (κ2) is 8.83. The van der Waals surface area contributed by atoms with Crippen molar-refractivity contribution >= 4 is 11.9 Å². The van der Waals surface area contributed by atoms with Gasteiger partial charge in [-0.05, 0) is 48.8 Å². The molecule has 0 radical (unpaired) electrons. The van der Waals surface area contributed by atoms with Gasteiger partial charge in [0.1, 0.15) is 0 Å². The molecule has 0 unspecified atom stereocenters. The van der Waals surface area contributed by atoms with Gasteiger partial charge in [-0.1, -0.05) is 25.0 Å². The summed E-state index contributed by atoms with van der Waals surface area (Å²) < 4.78 is 5.21. The molecule has 5 nitrogen and oxygen atoms in total. The molecule has 1 fully saturated rings. The van der Waals surface area contributed by atoms with Crippen LogP contribution in [-0.2, 0) is 16.0 Å². The number of aryl methyl sites for hydroxylation is 1. The fourth-order valence-electron chi connectivity index (χ4n) is 3.41. The Morgan fingerprint density at radius 3 is 2.46 bits per heavy atom. The predicted molar refractivity (Wildman–Crippen MR) is 92.1 cm³/mol. The van der Waals surface area contributed by atoms with E-state index >= 15 is 0 Å². The van der Waals surface area contributed by atoms with Crippen LogP contribution >= 0.6 is 0 Å². The first kappa shape index (κ1) is 18.5. The Kier molecular flexibility index (Phi) is 6.79. The van der Waals surface area contributed by atoms with E-state index < -0.39 is 5.97 Å². The second-order valence-corrected chi connectivity index (χ2v) is 6.73. The van der Waals surface area contributed by atoms with E-state index in [4.69, 9.17) is 9.84 Å². The number of aromatic carboxylic acids is 1. The van der Waals surface area contributed by atoms with Crippen LogP contribution in [0.3, 0.4) is 0 Å². The van der Waals surface area contributed by atoms with Crippen LogP contribution in [0.15, 0.2) is 24.3 Å². The maximum absolute atomic E-state index is 12.1. The number of carboxylic acid groups (broad SMARTS) is 1. The molecule has 0 heterocycles. The molecule has 0 bridgehead atoms. The third-order valence-electron chi connectivity index (χ3n) is 5.00. The molecular formula is C19H27NO4. The molecule has 1 aliphatic carbocycles. The Bertz CT molecular complexity index is 547. The minimum Gasteiger partial charge on any atom is -0.478 e. The average molecular weight is 333 g/mol. The molecule has 0 atom stereocenters. The molecule has 1 aromatic carbocycles. The van der Waals surface area contributed by atoms with Crippen LogP contribution in [-0.4, -0.2) is 37.2 Å². The van der Waals surface area contributed by atoms with E-state index in [9.17, 15) is 9.59 Å². The smallest absolute Gasteiger partial charge is 0.335 e. The maximum atomic E-state index is 12.1. The number of amides is 1. The summed E-state index contributed by atoms with van der Waals surface area (Å²) in [5, 5.41) is 12.0. The quantitative estimate of drug-likeness (QED) is 0.728. The Balaban J connectivity index is 1.77. The van der Waals surface area contributed by atoms with Gasteiger partial charge in [0.15, 0.2) is 0 Å². The highest BCUT2D eigenvalue weighted by Gasteiger charge is 2.33. The Morgan fingerprint density at radius 2 is 1.88 bits per heavy atom. The molecule has 24 heavy (non-hydrogen) atoms. The largest absolute Gasteiger partial charge is 0.478 e. The lowest BCUT2D eigenvalue weighted by Gasteiger charge is -2.29. The summed E-state index contributed by atoms with van der Waals surface area (Å²) in [5.74, 6) is -0.877. The first-order chi connectivity index (χ1) is 11.5. The Labute approximate surface area is 143 Å². The summed E-state index contributed by atoms with van der Waals surface area (Å²) in [5.41, 5.74) is 1.45. The first-order valence-electron chi connectivity index (χ1n) is 8.63. The van der Waals surface area contributed by atoms with E-state index in [0.29, 0.717) is 12.8 Å². The van der Waals surface area contributed by atoms with E-state index in [1.807, 2.05) is 0 Å². The van der Waals surface area contributed by atoms with Crippen molar-refractivity contribution in [2.45, 2.75) is 44.9 Å². The number of nitrogens with one attached hydrogen (secondary N) is 1. The number of hydrogen-bond acceptors (Lipinski definition) is 3. The van der Waals surface area contributed by atoms with E-state index in [2.05, 4.69) is 5.32 Å². The lowest BCUT2D eigenvalue weighted by molar-refractivity contribution is -0.121. The zero-order chi connectivity index (χ0) is 17.4. The van der Waals surface area contributed by atoms with Crippen molar-refractivity contribution in [3.63, 3.8) is 0 Å². The number of carbonyl (C=O) groups excluding carboxylic acids is 1. The molecule has 1 amide bonds. The van der Waals surface area contributed by atoms with E-state index in [0.717, 1.165) is 38.0 Å². The lowest BCUT2D eigenvalue weighted by atomic mass is 9.83. The summed E-state index contributed by atoms with van der Waals surface area (Å²) in [4.78, 5) is 22.9. The fourth-order valence-corrected chi connectivity index (χ4v) is 3.41. The van der Waals surface area contributed by atoms with Crippen LogP contribution < -0.4 is 5.32 Å². The molecule has 5 heteroatoms. The highest BCUT2D eigenvalue weighted by atomic mass is 16.5. The SMILES string of the molecule is COCCC1(CNC(=O)CCc2ccc(C(=O)O)cc2)CCCC1. The normalized spacial score (nSPS) is 16.0. The number of benzene rings is 1. The minimum absolute atomic E-state index is 0.0565. The van der Waals surface area contributed by atoms with Gasteiger partial charge >= 0.3 is 5.97 Å². The van der Waals surface area contributed by atoms with Crippen molar-refractivity contribution in [1.82, 2.24) is 5.32 Å². The minimum atomic E-state index is -0.933. The highest BCUT2D eigenvalue weighted by Crippen LogP contribution is 2.40. The summed E-state index contributed by atoms with van der Waals surface area (Å²) in [7, 11) is 1.72. The number of methoxy groups -OCH3 is 1. The van der Waals surface area contributed by atoms with Gasteiger partial charge < -0.3 is 15.2 Å².